The van der Waals surface area contributed by atoms with E-state index in [1.807, 2.05) is 51.7 Å². The Balaban J connectivity index is 1.38. The van der Waals surface area contributed by atoms with E-state index in [2.05, 4.69) is 5.32 Å². The molecule has 2 fully saturated rings. The number of methoxy groups -OCH3 is 1. The van der Waals surface area contributed by atoms with Crippen LogP contribution in [0, 0.1) is 11.6 Å². The molecule has 3 heterocycles. The van der Waals surface area contributed by atoms with Crippen LogP contribution in [0.4, 0.5) is 14.5 Å². The summed E-state index contributed by atoms with van der Waals surface area (Å²) in [5.74, 6) is -3.84. The van der Waals surface area contributed by atoms with Gasteiger partial charge in [0.1, 0.15) is 23.2 Å². The van der Waals surface area contributed by atoms with E-state index in [1.54, 1.807) is 0 Å². The van der Waals surface area contributed by atoms with Crippen molar-refractivity contribution in [2.24, 2.45) is 0 Å². The van der Waals surface area contributed by atoms with Crippen molar-refractivity contribution in [3.8, 4) is 0 Å². The number of amides is 1. The van der Waals surface area contributed by atoms with Gasteiger partial charge in [0.15, 0.2) is 0 Å². The molecule has 0 saturated carbocycles. The molecule has 0 aromatic heterocycles. The normalized spacial score (nSPS) is 21.7. The summed E-state index contributed by atoms with van der Waals surface area (Å²) < 4.78 is 58.9. The van der Waals surface area contributed by atoms with Crippen molar-refractivity contribution in [2.45, 2.75) is 77.5 Å². The lowest BCUT2D eigenvalue weighted by atomic mass is 9.74. The molecule has 3 aliphatic rings. The summed E-state index contributed by atoms with van der Waals surface area (Å²) in [6.45, 7) is 11.8. The summed E-state index contributed by atoms with van der Waals surface area (Å²) >= 11 is 0. The van der Waals surface area contributed by atoms with E-state index in [-0.39, 0.29) is 12.5 Å². The van der Waals surface area contributed by atoms with Crippen LogP contribution in [0.5, 0.6) is 0 Å². The molecule has 12 heteroatoms. The summed E-state index contributed by atoms with van der Waals surface area (Å²) in [4.78, 5) is 27.7. The molecule has 5 rings (SSSR count). The van der Waals surface area contributed by atoms with Crippen LogP contribution in [0.25, 0.3) is 0 Å². The zero-order valence-electron chi connectivity index (χ0n) is 24.8. The van der Waals surface area contributed by atoms with E-state index in [0.29, 0.717) is 38.7 Å². The molecule has 0 aliphatic carbocycles. The number of halogens is 2. The van der Waals surface area contributed by atoms with Gasteiger partial charge in [-0.1, -0.05) is 12.1 Å². The van der Waals surface area contributed by atoms with E-state index in [4.69, 9.17) is 23.5 Å². The van der Waals surface area contributed by atoms with Crippen molar-refractivity contribution in [3.63, 3.8) is 0 Å². The van der Waals surface area contributed by atoms with Gasteiger partial charge < -0.3 is 33.7 Å². The topological polar surface area (TPSA) is 95.6 Å². The van der Waals surface area contributed by atoms with Crippen molar-refractivity contribution < 1.29 is 41.9 Å². The summed E-state index contributed by atoms with van der Waals surface area (Å²) in [6.07, 6.45) is 0.0281. The van der Waals surface area contributed by atoms with Crippen molar-refractivity contribution in [3.05, 3.63) is 58.2 Å². The van der Waals surface area contributed by atoms with Gasteiger partial charge in [-0.2, -0.15) is 0 Å². The van der Waals surface area contributed by atoms with Crippen molar-refractivity contribution in [1.82, 2.24) is 5.32 Å². The molecule has 2 aromatic rings. The second-order valence-corrected chi connectivity index (χ2v) is 12.0. The fourth-order valence-corrected chi connectivity index (χ4v) is 5.59. The first-order valence-corrected chi connectivity index (χ1v) is 14.1. The number of carbonyl (C=O) groups is 2. The number of nitrogens with one attached hydrogen (secondary N) is 1. The van der Waals surface area contributed by atoms with Crippen LogP contribution in [0.15, 0.2) is 24.3 Å². The third-order valence-corrected chi connectivity index (χ3v) is 8.73. The number of hydrogen-bond acceptors (Lipinski definition) is 8. The standard InChI is InChI=1S/C30H37BF2N2O7/c1-17-14-39-10-9-35(17)19-12-23(32)26(24(33)13-19)27(36)34-25(28(37)38-6)11-18-7-8-22(21-16-40-15-20(18)21)31-41-29(2,3)30(4,5)42-31/h7-8,12-13,17,25H,9-11,14-16H2,1-6H3,(H,34,36)/t17-,25-/m0/s1. The minimum Gasteiger partial charge on any atom is -0.467 e. The van der Waals surface area contributed by atoms with Gasteiger partial charge >= 0.3 is 13.1 Å². The molecule has 1 amide bonds. The van der Waals surface area contributed by atoms with Gasteiger partial charge in [0.25, 0.3) is 5.91 Å². The molecule has 2 atom stereocenters. The van der Waals surface area contributed by atoms with Crippen LogP contribution in [0.1, 0.15) is 61.7 Å². The average molecular weight is 586 g/mol. The number of morpholine rings is 1. The maximum atomic E-state index is 15.2. The minimum absolute atomic E-state index is 0.0281. The molecular weight excluding hydrogens is 549 g/mol. The first-order valence-electron chi connectivity index (χ1n) is 14.1. The zero-order valence-corrected chi connectivity index (χ0v) is 24.8. The Bertz CT molecular complexity index is 1350. The summed E-state index contributed by atoms with van der Waals surface area (Å²) in [7, 11) is 0.598. The maximum absolute atomic E-state index is 15.2. The monoisotopic (exact) mass is 586 g/mol. The third kappa shape index (κ3) is 5.65. The summed E-state index contributed by atoms with van der Waals surface area (Å²) in [5.41, 5.74) is 1.83. The fraction of sp³-hybridized carbons (Fsp3) is 0.533. The lowest BCUT2D eigenvalue weighted by Gasteiger charge is -2.35. The molecule has 0 unspecified atom stereocenters. The molecule has 0 spiro atoms. The molecule has 9 nitrogen and oxygen atoms in total. The van der Waals surface area contributed by atoms with E-state index in [1.165, 1.54) is 7.11 Å². The largest absolute Gasteiger partial charge is 0.495 e. The zero-order chi connectivity index (χ0) is 30.4. The molecule has 226 valence electrons. The van der Waals surface area contributed by atoms with Crippen LogP contribution in [-0.2, 0) is 47.9 Å². The molecule has 0 radical (unpaired) electrons. The Hall–Kier alpha value is -3.06. The number of benzene rings is 2. The molecular formula is C30H37BF2N2O7. The fourth-order valence-electron chi connectivity index (χ4n) is 5.59. The molecule has 2 aromatic carbocycles. The molecule has 0 bridgehead atoms. The first kappa shape index (κ1) is 30.4. The smallest absolute Gasteiger partial charge is 0.467 e. The highest BCUT2D eigenvalue weighted by atomic mass is 19.1. The van der Waals surface area contributed by atoms with Crippen LogP contribution in [-0.4, -0.2) is 69.1 Å². The molecule has 1 N–H and O–H groups in total. The number of nitrogens with zero attached hydrogens (tertiary/aromatic N) is 1. The number of hydrogen-bond donors (Lipinski definition) is 1. The SMILES string of the molecule is COC(=O)[C@H](Cc1ccc(B2OC(C)(C)C(C)(C)O2)c2c1COC2)NC(=O)c1c(F)cc(N2CCOC[C@@H]2C)cc1F. The molecule has 2 saturated heterocycles. The summed E-state index contributed by atoms with van der Waals surface area (Å²) in [6, 6.07) is 4.67. The Kier molecular flexibility index (Phi) is 8.37. The Morgan fingerprint density at radius 2 is 1.71 bits per heavy atom. The second-order valence-electron chi connectivity index (χ2n) is 12.0. The van der Waals surface area contributed by atoms with Gasteiger partial charge in [-0.05, 0) is 68.9 Å². The van der Waals surface area contributed by atoms with E-state index >= 15 is 8.78 Å². The number of carbonyl (C=O) groups excluding carboxylic acids is 2. The number of esters is 1. The number of rotatable bonds is 7. The highest BCUT2D eigenvalue weighted by Crippen LogP contribution is 2.37. The average Bonchev–Trinajstić information content (AvgIpc) is 3.49. The van der Waals surface area contributed by atoms with Crippen LogP contribution in [0.3, 0.4) is 0 Å². The Morgan fingerprint density at radius 3 is 2.33 bits per heavy atom. The lowest BCUT2D eigenvalue weighted by molar-refractivity contribution is -0.142. The Morgan fingerprint density at radius 1 is 1.07 bits per heavy atom. The highest BCUT2D eigenvalue weighted by molar-refractivity contribution is 6.62. The van der Waals surface area contributed by atoms with Crippen molar-refractivity contribution in [2.75, 3.05) is 31.8 Å². The molecule has 42 heavy (non-hydrogen) atoms. The summed E-state index contributed by atoms with van der Waals surface area (Å²) in [5, 5.41) is 2.49. The Labute approximate surface area is 244 Å². The van der Waals surface area contributed by atoms with E-state index in [0.717, 1.165) is 34.3 Å². The van der Waals surface area contributed by atoms with Crippen LogP contribution in [0.2, 0.25) is 0 Å². The minimum atomic E-state index is -1.20. The van der Waals surface area contributed by atoms with E-state index < -0.39 is 53.4 Å². The van der Waals surface area contributed by atoms with Gasteiger partial charge in [-0.3, -0.25) is 4.79 Å². The third-order valence-electron chi connectivity index (χ3n) is 8.73. The van der Waals surface area contributed by atoms with Gasteiger partial charge in [-0.25, -0.2) is 13.6 Å². The number of fused-ring (bicyclic) bond motifs is 1. The number of ether oxygens (including phenoxy) is 3. The highest BCUT2D eigenvalue weighted by Gasteiger charge is 2.52. The quantitative estimate of drug-likeness (QED) is 0.391. The van der Waals surface area contributed by atoms with Gasteiger partial charge in [-0.15, -0.1) is 0 Å². The lowest BCUT2D eigenvalue weighted by Crippen LogP contribution is -2.45. The van der Waals surface area contributed by atoms with Gasteiger partial charge in [0, 0.05) is 24.7 Å². The predicted octanol–water partition coefficient (Wildman–Crippen LogP) is 3.03. The van der Waals surface area contributed by atoms with Gasteiger partial charge in [0.05, 0.1) is 44.7 Å². The first-order chi connectivity index (χ1) is 19.8. The van der Waals surface area contributed by atoms with Crippen molar-refractivity contribution >= 4 is 30.1 Å². The van der Waals surface area contributed by atoms with Crippen LogP contribution < -0.4 is 15.7 Å². The van der Waals surface area contributed by atoms with E-state index in [9.17, 15) is 9.59 Å². The molecule has 3 aliphatic heterocycles. The van der Waals surface area contributed by atoms with Crippen LogP contribution >= 0.6 is 0 Å². The van der Waals surface area contributed by atoms with Crippen molar-refractivity contribution in [1.29, 1.82) is 0 Å². The number of anilines is 1. The second kappa shape index (κ2) is 11.6. The predicted molar refractivity (Wildman–Crippen MR) is 152 cm³/mol. The van der Waals surface area contributed by atoms with Gasteiger partial charge in [0.2, 0.25) is 0 Å². The maximum Gasteiger partial charge on any atom is 0.495 e.